The van der Waals surface area contributed by atoms with Gasteiger partial charge >= 0.3 is 0 Å². The number of ether oxygens (including phenoxy) is 1. The monoisotopic (exact) mass is 251 g/mol. The molecular formula is C13H21N3O2. The number of hydrogen-bond donors (Lipinski definition) is 0. The van der Waals surface area contributed by atoms with E-state index in [2.05, 4.69) is 10.2 Å². The summed E-state index contributed by atoms with van der Waals surface area (Å²) in [5.41, 5.74) is 0.489. The molecular weight excluding hydrogens is 230 g/mol. The highest BCUT2D eigenvalue weighted by molar-refractivity contribution is 5.93. The van der Waals surface area contributed by atoms with E-state index in [9.17, 15) is 4.79 Å². The number of ketones is 1. The Morgan fingerprint density at radius 1 is 1.44 bits per heavy atom. The number of carbonyl (C=O) groups excluding carboxylic acids is 1. The van der Waals surface area contributed by atoms with Crippen LogP contribution in [0.25, 0.3) is 0 Å². The van der Waals surface area contributed by atoms with Gasteiger partial charge in [-0.05, 0) is 25.2 Å². The summed E-state index contributed by atoms with van der Waals surface area (Å²) in [6.07, 6.45) is 7.78. The van der Waals surface area contributed by atoms with E-state index in [1.165, 1.54) is 24.1 Å². The molecule has 0 bridgehead atoms. The quantitative estimate of drug-likeness (QED) is 0.573. The molecule has 1 aliphatic heterocycles. The first-order valence-electron chi connectivity index (χ1n) is 6.73. The van der Waals surface area contributed by atoms with Gasteiger partial charge in [0.15, 0.2) is 5.78 Å². The number of Topliss-reactive ketones (excluding diaryl/α,β-unsaturated/α-hetero) is 1. The van der Waals surface area contributed by atoms with Gasteiger partial charge in [0.05, 0.1) is 6.20 Å². The van der Waals surface area contributed by atoms with E-state index in [4.69, 9.17) is 4.74 Å². The van der Waals surface area contributed by atoms with Crippen molar-refractivity contribution in [2.45, 2.75) is 38.5 Å². The summed E-state index contributed by atoms with van der Waals surface area (Å²) in [5.74, 6) is 0.903. The summed E-state index contributed by atoms with van der Waals surface area (Å²) in [6, 6.07) is 0. The van der Waals surface area contributed by atoms with Crippen LogP contribution in [-0.2, 0) is 11.8 Å². The van der Waals surface area contributed by atoms with Crippen LogP contribution in [0.4, 0.5) is 0 Å². The van der Waals surface area contributed by atoms with Crippen molar-refractivity contribution in [3.63, 3.8) is 0 Å². The standard InChI is InChI=1S/C13H21N3O2/c1-16-14-10-12(15-16)13(17)5-3-2-4-11-6-8-18-9-7-11/h10-11H,2-9H2,1H3. The molecule has 0 radical (unpaired) electrons. The van der Waals surface area contributed by atoms with Gasteiger partial charge in [0.2, 0.25) is 0 Å². The predicted molar refractivity (Wildman–Crippen MR) is 67.3 cm³/mol. The molecule has 2 heterocycles. The molecule has 1 fully saturated rings. The third-order valence-electron chi connectivity index (χ3n) is 3.49. The molecule has 5 nitrogen and oxygen atoms in total. The summed E-state index contributed by atoms with van der Waals surface area (Å²) < 4.78 is 5.33. The Bertz CT molecular complexity index is 383. The highest BCUT2D eigenvalue weighted by atomic mass is 16.5. The van der Waals surface area contributed by atoms with Crippen LogP contribution in [0.3, 0.4) is 0 Å². The van der Waals surface area contributed by atoms with Gasteiger partial charge in [-0.2, -0.15) is 15.0 Å². The molecule has 2 rings (SSSR count). The zero-order valence-electron chi connectivity index (χ0n) is 11.0. The fraction of sp³-hybridized carbons (Fsp3) is 0.769. The fourth-order valence-corrected chi connectivity index (χ4v) is 2.36. The molecule has 0 unspecified atom stereocenters. The van der Waals surface area contributed by atoms with E-state index in [-0.39, 0.29) is 5.78 Å². The molecule has 0 aliphatic carbocycles. The minimum absolute atomic E-state index is 0.107. The Labute approximate surface area is 108 Å². The molecule has 0 atom stereocenters. The Hall–Kier alpha value is -1.23. The lowest BCUT2D eigenvalue weighted by Crippen LogP contribution is -2.15. The molecule has 18 heavy (non-hydrogen) atoms. The lowest BCUT2D eigenvalue weighted by molar-refractivity contribution is 0.0630. The number of aryl methyl sites for hydroxylation is 1. The van der Waals surface area contributed by atoms with Gasteiger partial charge in [0, 0.05) is 26.7 Å². The van der Waals surface area contributed by atoms with E-state index in [0.29, 0.717) is 12.1 Å². The second kappa shape index (κ2) is 6.64. The maximum atomic E-state index is 11.8. The van der Waals surface area contributed by atoms with Crippen molar-refractivity contribution < 1.29 is 9.53 Å². The van der Waals surface area contributed by atoms with Crippen molar-refractivity contribution in [1.29, 1.82) is 0 Å². The summed E-state index contributed by atoms with van der Waals surface area (Å²) >= 11 is 0. The summed E-state index contributed by atoms with van der Waals surface area (Å²) in [4.78, 5) is 13.2. The zero-order chi connectivity index (χ0) is 12.8. The van der Waals surface area contributed by atoms with Crippen LogP contribution in [0.1, 0.15) is 49.0 Å². The van der Waals surface area contributed by atoms with E-state index in [1.807, 2.05) is 0 Å². The summed E-state index contributed by atoms with van der Waals surface area (Å²) in [7, 11) is 1.72. The predicted octanol–water partition coefficient (Wildman–Crippen LogP) is 1.98. The minimum Gasteiger partial charge on any atom is -0.381 e. The SMILES string of the molecule is Cn1ncc(C(=O)CCCCC2CCOCC2)n1. The number of unbranched alkanes of at least 4 members (excludes halogenated alkanes) is 1. The molecule has 1 aliphatic rings. The number of aromatic nitrogens is 3. The van der Waals surface area contributed by atoms with Gasteiger partial charge in [-0.15, -0.1) is 0 Å². The first-order chi connectivity index (χ1) is 8.75. The van der Waals surface area contributed by atoms with Crippen LogP contribution in [0, 0.1) is 5.92 Å². The number of nitrogens with zero attached hydrogens (tertiary/aromatic N) is 3. The molecule has 1 saturated heterocycles. The highest BCUT2D eigenvalue weighted by Gasteiger charge is 2.14. The second-order valence-corrected chi connectivity index (χ2v) is 4.94. The molecule has 0 aromatic carbocycles. The average molecular weight is 251 g/mol. The van der Waals surface area contributed by atoms with Crippen LogP contribution >= 0.6 is 0 Å². The first kappa shape index (κ1) is 13.2. The smallest absolute Gasteiger partial charge is 0.184 e. The molecule has 0 amide bonds. The second-order valence-electron chi connectivity index (χ2n) is 4.94. The molecule has 0 saturated carbocycles. The van der Waals surface area contributed by atoms with Crippen LogP contribution in [0.15, 0.2) is 6.20 Å². The summed E-state index contributed by atoms with van der Waals surface area (Å²) in [6.45, 7) is 1.81. The Kier molecular flexibility index (Phi) is 4.87. The number of carbonyl (C=O) groups is 1. The van der Waals surface area contributed by atoms with Crippen LogP contribution < -0.4 is 0 Å². The van der Waals surface area contributed by atoms with Crippen molar-refractivity contribution in [3.8, 4) is 0 Å². The van der Waals surface area contributed by atoms with Gasteiger partial charge in [-0.1, -0.05) is 12.8 Å². The average Bonchev–Trinajstić information content (AvgIpc) is 2.82. The van der Waals surface area contributed by atoms with Crippen LogP contribution in [-0.4, -0.2) is 34.0 Å². The third kappa shape index (κ3) is 3.91. The topological polar surface area (TPSA) is 57.0 Å². The van der Waals surface area contributed by atoms with Gasteiger partial charge in [-0.25, -0.2) is 0 Å². The van der Waals surface area contributed by atoms with Gasteiger partial charge < -0.3 is 4.74 Å². The summed E-state index contributed by atoms with van der Waals surface area (Å²) in [5, 5.41) is 7.93. The molecule has 0 N–H and O–H groups in total. The molecule has 0 spiro atoms. The van der Waals surface area contributed by atoms with E-state index in [1.54, 1.807) is 13.2 Å². The molecule has 1 aromatic heterocycles. The van der Waals surface area contributed by atoms with Crippen molar-refractivity contribution in [2.75, 3.05) is 13.2 Å². The largest absolute Gasteiger partial charge is 0.381 e. The minimum atomic E-state index is 0.107. The fourth-order valence-electron chi connectivity index (χ4n) is 2.36. The Balaban J connectivity index is 1.61. The number of hydrogen-bond acceptors (Lipinski definition) is 4. The Morgan fingerprint density at radius 3 is 2.89 bits per heavy atom. The third-order valence-corrected chi connectivity index (χ3v) is 3.49. The van der Waals surface area contributed by atoms with E-state index in [0.717, 1.165) is 32.0 Å². The van der Waals surface area contributed by atoms with Gasteiger partial charge in [0.25, 0.3) is 0 Å². The lowest BCUT2D eigenvalue weighted by atomic mass is 9.93. The zero-order valence-corrected chi connectivity index (χ0v) is 11.0. The lowest BCUT2D eigenvalue weighted by Gasteiger charge is -2.21. The van der Waals surface area contributed by atoms with Gasteiger partial charge in [0.1, 0.15) is 5.69 Å². The number of rotatable bonds is 6. The highest BCUT2D eigenvalue weighted by Crippen LogP contribution is 2.21. The van der Waals surface area contributed by atoms with Crippen molar-refractivity contribution in [1.82, 2.24) is 15.0 Å². The maximum Gasteiger partial charge on any atom is 0.184 e. The first-order valence-corrected chi connectivity index (χ1v) is 6.73. The van der Waals surface area contributed by atoms with Crippen LogP contribution in [0.5, 0.6) is 0 Å². The van der Waals surface area contributed by atoms with Gasteiger partial charge in [-0.3, -0.25) is 4.79 Å². The van der Waals surface area contributed by atoms with Crippen molar-refractivity contribution in [3.05, 3.63) is 11.9 Å². The maximum absolute atomic E-state index is 11.8. The molecule has 100 valence electrons. The Morgan fingerprint density at radius 2 is 2.22 bits per heavy atom. The van der Waals surface area contributed by atoms with Crippen LogP contribution in [0.2, 0.25) is 0 Å². The van der Waals surface area contributed by atoms with Crippen molar-refractivity contribution in [2.24, 2.45) is 13.0 Å². The molecule has 1 aromatic rings. The normalized spacial score (nSPS) is 16.9. The van der Waals surface area contributed by atoms with E-state index >= 15 is 0 Å². The van der Waals surface area contributed by atoms with Crippen molar-refractivity contribution >= 4 is 5.78 Å². The molecule has 5 heteroatoms. The van der Waals surface area contributed by atoms with E-state index < -0.39 is 0 Å².